The molecule has 1 heterocycles. The maximum Gasteiger partial charge on any atom is 0.0722 e. The van der Waals surface area contributed by atoms with Crippen LogP contribution < -0.4 is 5.32 Å². The van der Waals surface area contributed by atoms with Gasteiger partial charge in [0.25, 0.3) is 0 Å². The summed E-state index contributed by atoms with van der Waals surface area (Å²) >= 11 is 0. The molecule has 1 saturated carbocycles. The number of nitrogens with zero attached hydrogens (tertiary/aromatic N) is 2. The number of nitrogens with one attached hydrogen (secondary N) is 1. The van der Waals surface area contributed by atoms with E-state index in [2.05, 4.69) is 44.3 Å². The third kappa shape index (κ3) is 3.85. The quantitative estimate of drug-likeness (QED) is 0.910. The molecule has 0 bridgehead atoms. The normalized spacial score (nSPS) is 24.1. The Morgan fingerprint density at radius 1 is 1.30 bits per heavy atom. The van der Waals surface area contributed by atoms with E-state index in [1.807, 2.05) is 11.7 Å². The maximum atomic E-state index is 4.64. The lowest BCUT2D eigenvalue weighted by Crippen LogP contribution is -2.29. The van der Waals surface area contributed by atoms with Crippen LogP contribution in [0.2, 0.25) is 0 Å². The molecule has 0 spiro atoms. The van der Waals surface area contributed by atoms with E-state index >= 15 is 0 Å². The smallest absolute Gasteiger partial charge is 0.0722 e. The molecule has 2 unspecified atom stereocenters. The molecule has 2 rings (SSSR count). The van der Waals surface area contributed by atoms with E-state index < -0.39 is 0 Å². The molecule has 114 valence electrons. The van der Waals surface area contributed by atoms with Gasteiger partial charge >= 0.3 is 0 Å². The summed E-state index contributed by atoms with van der Waals surface area (Å²) in [5.41, 5.74) is 2.70. The molecule has 0 aromatic carbocycles. The Morgan fingerprint density at radius 3 is 2.65 bits per heavy atom. The molecule has 0 aliphatic heterocycles. The molecule has 1 aliphatic carbocycles. The molecule has 1 fully saturated rings. The van der Waals surface area contributed by atoms with Crippen molar-refractivity contribution < 1.29 is 0 Å². The van der Waals surface area contributed by atoms with E-state index in [4.69, 9.17) is 0 Å². The van der Waals surface area contributed by atoms with E-state index in [0.717, 1.165) is 24.9 Å². The van der Waals surface area contributed by atoms with Crippen LogP contribution in [0.5, 0.6) is 0 Å². The van der Waals surface area contributed by atoms with Crippen molar-refractivity contribution in [1.82, 2.24) is 15.1 Å². The lowest BCUT2D eigenvalue weighted by Gasteiger charge is -2.29. The zero-order valence-corrected chi connectivity index (χ0v) is 13.9. The van der Waals surface area contributed by atoms with Crippen molar-refractivity contribution in [1.29, 1.82) is 0 Å². The zero-order chi connectivity index (χ0) is 14.8. The monoisotopic (exact) mass is 277 g/mol. The third-order valence-corrected chi connectivity index (χ3v) is 4.63. The Bertz CT molecular complexity index is 428. The van der Waals surface area contributed by atoms with Gasteiger partial charge in [-0.1, -0.05) is 47.0 Å². The summed E-state index contributed by atoms with van der Waals surface area (Å²) in [6.45, 7) is 11.2. The van der Waals surface area contributed by atoms with E-state index in [1.165, 1.54) is 36.9 Å². The highest BCUT2D eigenvalue weighted by Gasteiger charge is 2.23. The molecule has 3 nitrogen and oxygen atoms in total. The van der Waals surface area contributed by atoms with Gasteiger partial charge in [0.05, 0.1) is 5.69 Å². The fourth-order valence-corrected chi connectivity index (χ4v) is 3.39. The lowest BCUT2D eigenvalue weighted by molar-refractivity contribution is 0.247. The second kappa shape index (κ2) is 6.30. The van der Waals surface area contributed by atoms with Crippen LogP contribution >= 0.6 is 0 Å². The fraction of sp³-hybridized carbons (Fsp3) is 0.824. The van der Waals surface area contributed by atoms with Crippen LogP contribution in [0.15, 0.2) is 6.20 Å². The molecule has 3 heteroatoms. The minimum atomic E-state index is 0.121. The van der Waals surface area contributed by atoms with Gasteiger partial charge in [-0.15, -0.1) is 0 Å². The largest absolute Gasteiger partial charge is 0.312 e. The highest BCUT2D eigenvalue weighted by atomic mass is 15.3. The first-order chi connectivity index (χ1) is 9.38. The van der Waals surface area contributed by atoms with Gasteiger partial charge in [-0.3, -0.25) is 4.68 Å². The summed E-state index contributed by atoms with van der Waals surface area (Å²) in [4.78, 5) is 0. The SMILES string of the molecule is CC1CCCCC1CNCc1cn(C)nc1C(C)(C)C. The van der Waals surface area contributed by atoms with Crippen molar-refractivity contribution in [2.24, 2.45) is 18.9 Å². The van der Waals surface area contributed by atoms with Gasteiger partial charge in [0, 0.05) is 30.8 Å². The first kappa shape index (κ1) is 15.6. The fourth-order valence-electron chi connectivity index (χ4n) is 3.39. The summed E-state index contributed by atoms with van der Waals surface area (Å²) in [5, 5.41) is 8.31. The lowest BCUT2D eigenvalue weighted by atomic mass is 9.80. The molecule has 1 N–H and O–H groups in total. The predicted molar refractivity (Wildman–Crippen MR) is 84.7 cm³/mol. The van der Waals surface area contributed by atoms with Gasteiger partial charge in [-0.05, 0) is 24.8 Å². The Kier molecular flexibility index (Phi) is 4.90. The summed E-state index contributed by atoms with van der Waals surface area (Å²) in [6.07, 6.45) is 7.81. The molecule has 1 aliphatic rings. The van der Waals surface area contributed by atoms with E-state index in [-0.39, 0.29) is 5.41 Å². The highest BCUT2D eigenvalue weighted by molar-refractivity contribution is 5.23. The topological polar surface area (TPSA) is 29.9 Å². The Labute approximate surface area is 124 Å². The minimum Gasteiger partial charge on any atom is -0.312 e. The van der Waals surface area contributed by atoms with Gasteiger partial charge in [0.15, 0.2) is 0 Å². The second-order valence-electron chi connectivity index (χ2n) is 7.58. The van der Waals surface area contributed by atoms with Crippen molar-refractivity contribution in [3.63, 3.8) is 0 Å². The van der Waals surface area contributed by atoms with E-state index in [9.17, 15) is 0 Å². The molecule has 0 saturated heterocycles. The van der Waals surface area contributed by atoms with Gasteiger partial charge < -0.3 is 5.32 Å². The highest BCUT2D eigenvalue weighted by Crippen LogP contribution is 2.29. The number of hydrogen-bond donors (Lipinski definition) is 1. The Hall–Kier alpha value is -0.830. The first-order valence-corrected chi connectivity index (χ1v) is 8.11. The van der Waals surface area contributed by atoms with Gasteiger partial charge in [0.2, 0.25) is 0 Å². The number of aromatic nitrogens is 2. The average molecular weight is 277 g/mol. The van der Waals surface area contributed by atoms with Crippen LogP contribution in [0.3, 0.4) is 0 Å². The third-order valence-electron chi connectivity index (χ3n) is 4.63. The Morgan fingerprint density at radius 2 is 2.00 bits per heavy atom. The minimum absolute atomic E-state index is 0.121. The molecule has 1 aromatic heterocycles. The van der Waals surface area contributed by atoms with Crippen LogP contribution in [0.1, 0.15) is 64.6 Å². The Balaban J connectivity index is 1.91. The van der Waals surface area contributed by atoms with Crippen LogP contribution in [0.4, 0.5) is 0 Å². The molecule has 0 radical (unpaired) electrons. The molecule has 0 amide bonds. The van der Waals surface area contributed by atoms with Gasteiger partial charge in [-0.2, -0.15) is 5.10 Å². The van der Waals surface area contributed by atoms with Gasteiger partial charge in [0.1, 0.15) is 0 Å². The maximum absolute atomic E-state index is 4.64. The predicted octanol–water partition coefficient (Wildman–Crippen LogP) is 3.63. The van der Waals surface area contributed by atoms with Crippen molar-refractivity contribution >= 4 is 0 Å². The molecule has 2 atom stereocenters. The van der Waals surface area contributed by atoms with Crippen LogP contribution in [-0.4, -0.2) is 16.3 Å². The number of aryl methyl sites for hydroxylation is 1. The van der Waals surface area contributed by atoms with Crippen molar-refractivity contribution in [2.45, 2.75) is 65.3 Å². The zero-order valence-electron chi connectivity index (χ0n) is 13.9. The van der Waals surface area contributed by atoms with Gasteiger partial charge in [-0.25, -0.2) is 0 Å². The summed E-state index contributed by atoms with van der Waals surface area (Å²) < 4.78 is 1.95. The first-order valence-electron chi connectivity index (χ1n) is 8.11. The van der Waals surface area contributed by atoms with E-state index in [1.54, 1.807) is 0 Å². The summed E-state index contributed by atoms with van der Waals surface area (Å²) in [6, 6.07) is 0. The van der Waals surface area contributed by atoms with Crippen molar-refractivity contribution in [2.75, 3.05) is 6.54 Å². The van der Waals surface area contributed by atoms with Crippen LogP contribution in [0.25, 0.3) is 0 Å². The summed E-state index contributed by atoms with van der Waals surface area (Å²) in [5.74, 6) is 1.74. The second-order valence-corrected chi connectivity index (χ2v) is 7.58. The molecular weight excluding hydrogens is 246 g/mol. The molecule has 1 aromatic rings. The van der Waals surface area contributed by atoms with Crippen LogP contribution in [-0.2, 0) is 19.0 Å². The number of rotatable bonds is 4. The van der Waals surface area contributed by atoms with Crippen LogP contribution in [0, 0.1) is 11.8 Å². The average Bonchev–Trinajstić information content (AvgIpc) is 2.73. The summed E-state index contributed by atoms with van der Waals surface area (Å²) in [7, 11) is 2.02. The molecule has 20 heavy (non-hydrogen) atoms. The standard InChI is InChI=1S/C17H31N3/c1-13-8-6-7-9-14(13)10-18-11-15-12-20(5)19-16(15)17(2,3)4/h12-14,18H,6-11H2,1-5H3. The van der Waals surface area contributed by atoms with Crippen molar-refractivity contribution in [3.05, 3.63) is 17.5 Å². The van der Waals surface area contributed by atoms with E-state index in [0.29, 0.717) is 0 Å². The molecular formula is C17H31N3. The number of hydrogen-bond acceptors (Lipinski definition) is 2. The van der Waals surface area contributed by atoms with Crippen molar-refractivity contribution in [3.8, 4) is 0 Å².